The minimum absolute atomic E-state index is 0.385. The maximum atomic E-state index is 14.0. The lowest BCUT2D eigenvalue weighted by Crippen LogP contribution is -2.30. The number of halogens is 5. The highest BCUT2D eigenvalue weighted by Crippen LogP contribution is 2.28. The number of ether oxygens (including phenoxy) is 1. The van der Waals surface area contributed by atoms with E-state index in [1.165, 1.54) is 5.32 Å². The van der Waals surface area contributed by atoms with Crippen molar-refractivity contribution >= 4 is 35.2 Å². The highest BCUT2D eigenvalue weighted by Gasteiger charge is 2.39. The zero-order valence-corrected chi connectivity index (χ0v) is 13.7. The summed E-state index contributed by atoms with van der Waals surface area (Å²) in [6.07, 6.45) is -3.45. The number of carbonyl (C=O) groups is 2. The first-order chi connectivity index (χ1) is 10.8. The number of rotatable bonds is 3. The zero-order valence-electron chi connectivity index (χ0n) is 12.9. The second-order valence-corrected chi connectivity index (χ2v) is 6.05. The molecule has 132 valence electrons. The smallest absolute Gasteiger partial charge is 0.457 e. The van der Waals surface area contributed by atoms with Crippen molar-refractivity contribution in [3.05, 3.63) is 34.6 Å². The number of nitrogens with one attached hydrogen (secondary N) is 1. The molecule has 0 bridgehead atoms. The van der Waals surface area contributed by atoms with E-state index in [-0.39, 0.29) is 5.02 Å². The normalized spacial score (nSPS) is 12.3. The third kappa shape index (κ3) is 5.84. The Morgan fingerprint density at radius 1 is 1.21 bits per heavy atom. The number of hydrogen-bond donors (Lipinski definition) is 1. The average molecular weight is 368 g/mol. The van der Waals surface area contributed by atoms with Crippen molar-refractivity contribution in [1.82, 2.24) is 0 Å². The Bertz CT molecular complexity index is 679. The number of esters is 1. The average Bonchev–Trinajstić information content (AvgIpc) is 2.39. The summed E-state index contributed by atoms with van der Waals surface area (Å²) in [5, 5.41) is 1.14. The van der Waals surface area contributed by atoms with Gasteiger partial charge in [0.15, 0.2) is 5.82 Å². The summed E-state index contributed by atoms with van der Waals surface area (Å²) in [5.74, 6) is -4.21. The van der Waals surface area contributed by atoms with E-state index in [9.17, 15) is 27.2 Å². The van der Waals surface area contributed by atoms with Crippen LogP contribution in [0.25, 0.3) is 6.08 Å². The Kier molecular flexibility index (Phi) is 5.99. The van der Waals surface area contributed by atoms with E-state index in [1.807, 2.05) is 0 Å². The van der Waals surface area contributed by atoms with Crippen molar-refractivity contribution in [2.75, 3.05) is 5.32 Å². The van der Waals surface area contributed by atoms with Crippen LogP contribution in [0.15, 0.2) is 18.2 Å². The lowest BCUT2D eigenvalue weighted by atomic mass is 10.1. The SMILES string of the molecule is CC(C)(C)OC(=O)/C=C/c1c(NC(=O)C(F)(F)F)ccc(Cl)c1F. The standard InChI is InChI=1S/C15H14ClF4NO3/c1-14(2,3)24-11(22)7-4-8-10(6-5-9(16)12(8)17)21-13(23)15(18,19)20/h4-7H,1-3H3,(H,21,23)/b7-4+. The van der Waals surface area contributed by atoms with Gasteiger partial charge in [-0.05, 0) is 39.0 Å². The fourth-order valence-corrected chi connectivity index (χ4v) is 1.68. The second kappa shape index (κ2) is 7.21. The van der Waals surface area contributed by atoms with Gasteiger partial charge in [0.1, 0.15) is 5.60 Å². The lowest BCUT2D eigenvalue weighted by Gasteiger charge is -2.18. The van der Waals surface area contributed by atoms with E-state index < -0.39 is 40.7 Å². The van der Waals surface area contributed by atoms with Crippen LogP contribution >= 0.6 is 11.6 Å². The lowest BCUT2D eigenvalue weighted by molar-refractivity contribution is -0.167. The second-order valence-electron chi connectivity index (χ2n) is 5.64. The molecule has 24 heavy (non-hydrogen) atoms. The van der Waals surface area contributed by atoms with Crippen LogP contribution in [0.2, 0.25) is 5.02 Å². The number of carbonyl (C=O) groups excluding carboxylic acids is 2. The van der Waals surface area contributed by atoms with Crippen LogP contribution in [0.5, 0.6) is 0 Å². The van der Waals surface area contributed by atoms with Crippen LogP contribution in [0, 0.1) is 5.82 Å². The number of hydrogen-bond acceptors (Lipinski definition) is 3. The van der Waals surface area contributed by atoms with Gasteiger partial charge in [0, 0.05) is 11.6 Å². The molecule has 0 unspecified atom stereocenters. The molecule has 1 N–H and O–H groups in total. The van der Waals surface area contributed by atoms with E-state index in [4.69, 9.17) is 16.3 Å². The van der Waals surface area contributed by atoms with Crippen LogP contribution in [0.4, 0.5) is 23.2 Å². The molecule has 1 amide bonds. The molecule has 0 aliphatic carbocycles. The minimum atomic E-state index is -5.15. The quantitative estimate of drug-likeness (QED) is 0.491. The van der Waals surface area contributed by atoms with Gasteiger partial charge in [-0.3, -0.25) is 4.79 Å². The fraction of sp³-hybridized carbons (Fsp3) is 0.333. The summed E-state index contributed by atoms with van der Waals surface area (Å²) >= 11 is 5.57. The molecule has 0 aliphatic heterocycles. The van der Waals surface area contributed by atoms with Gasteiger partial charge < -0.3 is 10.1 Å². The first-order valence-corrected chi connectivity index (χ1v) is 6.96. The molecule has 0 saturated heterocycles. The Hall–Kier alpha value is -2.09. The first kappa shape index (κ1) is 20.0. The highest BCUT2D eigenvalue weighted by atomic mass is 35.5. The molecule has 9 heteroatoms. The monoisotopic (exact) mass is 367 g/mol. The summed E-state index contributed by atoms with van der Waals surface area (Å²) < 4.78 is 56.0. The molecule has 0 spiro atoms. The molecular formula is C15H14ClF4NO3. The summed E-state index contributed by atoms with van der Waals surface area (Å²) in [5.41, 5.74) is -1.77. The van der Waals surface area contributed by atoms with E-state index in [0.717, 1.165) is 24.3 Å². The van der Waals surface area contributed by atoms with Gasteiger partial charge in [-0.1, -0.05) is 11.6 Å². The highest BCUT2D eigenvalue weighted by molar-refractivity contribution is 6.31. The Balaban J connectivity index is 3.15. The molecule has 1 aromatic rings. The molecule has 0 aromatic heterocycles. The molecule has 1 aromatic carbocycles. The van der Waals surface area contributed by atoms with Gasteiger partial charge in [-0.2, -0.15) is 13.2 Å². The predicted octanol–water partition coefficient (Wildman–Crippen LogP) is 4.33. The topological polar surface area (TPSA) is 55.4 Å². The van der Waals surface area contributed by atoms with Crippen molar-refractivity contribution in [2.45, 2.75) is 32.5 Å². The fourth-order valence-electron chi connectivity index (χ4n) is 1.52. The summed E-state index contributed by atoms with van der Waals surface area (Å²) in [7, 11) is 0. The summed E-state index contributed by atoms with van der Waals surface area (Å²) in [4.78, 5) is 22.6. The van der Waals surface area contributed by atoms with Gasteiger partial charge >= 0.3 is 18.1 Å². The Morgan fingerprint density at radius 3 is 2.29 bits per heavy atom. The number of alkyl halides is 3. The van der Waals surface area contributed by atoms with Crippen molar-refractivity contribution in [1.29, 1.82) is 0 Å². The minimum Gasteiger partial charge on any atom is -0.457 e. The van der Waals surface area contributed by atoms with Crippen LogP contribution in [-0.4, -0.2) is 23.7 Å². The van der Waals surface area contributed by atoms with Crippen molar-refractivity contribution in [3.8, 4) is 0 Å². The maximum absolute atomic E-state index is 14.0. The Labute approximate surface area is 140 Å². The molecule has 0 fully saturated rings. The summed E-state index contributed by atoms with van der Waals surface area (Å²) in [6.45, 7) is 4.81. The summed E-state index contributed by atoms with van der Waals surface area (Å²) in [6, 6.07) is 1.97. The van der Waals surface area contributed by atoms with E-state index in [1.54, 1.807) is 20.8 Å². The van der Waals surface area contributed by atoms with E-state index in [0.29, 0.717) is 0 Å². The van der Waals surface area contributed by atoms with Gasteiger partial charge in [0.25, 0.3) is 0 Å². The molecule has 0 saturated carbocycles. The van der Waals surface area contributed by atoms with Crippen LogP contribution in [0.3, 0.4) is 0 Å². The molecule has 0 radical (unpaired) electrons. The van der Waals surface area contributed by atoms with E-state index in [2.05, 4.69) is 0 Å². The number of benzene rings is 1. The van der Waals surface area contributed by atoms with Crippen LogP contribution in [-0.2, 0) is 14.3 Å². The molecule has 0 atom stereocenters. The van der Waals surface area contributed by atoms with Crippen LogP contribution in [0.1, 0.15) is 26.3 Å². The maximum Gasteiger partial charge on any atom is 0.471 e. The molecule has 0 aliphatic rings. The van der Waals surface area contributed by atoms with Gasteiger partial charge in [0.2, 0.25) is 0 Å². The number of amides is 1. The van der Waals surface area contributed by atoms with E-state index >= 15 is 0 Å². The van der Waals surface area contributed by atoms with Gasteiger partial charge in [-0.15, -0.1) is 0 Å². The van der Waals surface area contributed by atoms with Crippen LogP contribution < -0.4 is 5.32 Å². The van der Waals surface area contributed by atoms with Crippen molar-refractivity contribution in [2.24, 2.45) is 0 Å². The third-order valence-corrected chi connectivity index (χ3v) is 2.72. The third-order valence-electron chi connectivity index (χ3n) is 2.43. The molecule has 1 rings (SSSR count). The first-order valence-electron chi connectivity index (χ1n) is 6.58. The number of anilines is 1. The predicted molar refractivity (Wildman–Crippen MR) is 81.0 cm³/mol. The van der Waals surface area contributed by atoms with Gasteiger partial charge in [-0.25, -0.2) is 9.18 Å². The van der Waals surface area contributed by atoms with Crippen molar-refractivity contribution < 1.29 is 31.9 Å². The largest absolute Gasteiger partial charge is 0.471 e. The van der Waals surface area contributed by atoms with Crippen molar-refractivity contribution in [3.63, 3.8) is 0 Å². The molecule has 4 nitrogen and oxygen atoms in total. The van der Waals surface area contributed by atoms with Gasteiger partial charge in [0.05, 0.1) is 10.7 Å². The Morgan fingerprint density at radius 2 is 1.79 bits per heavy atom. The zero-order chi connectivity index (χ0) is 18.7. The molecular weight excluding hydrogens is 354 g/mol. The molecule has 0 heterocycles.